The second-order valence-electron chi connectivity index (χ2n) is 5.18. The largest absolute Gasteiger partial charge is 0.478 e. The number of hydrogen-bond donors (Lipinski definition) is 2. The number of carbonyl (C=O) groups is 2. The molecule has 0 heterocycles. The summed E-state index contributed by atoms with van der Waals surface area (Å²) in [7, 11) is 0. The van der Waals surface area contributed by atoms with Gasteiger partial charge in [-0.25, -0.2) is 9.18 Å². The first-order valence-electron chi connectivity index (χ1n) is 6.91. The van der Waals surface area contributed by atoms with E-state index in [1.165, 1.54) is 6.07 Å². The third-order valence-corrected chi connectivity index (χ3v) is 3.69. The van der Waals surface area contributed by atoms with Crippen LogP contribution in [0.25, 0.3) is 0 Å². The van der Waals surface area contributed by atoms with Crippen molar-refractivity contribution in [2.24, 2.45) is 5.92 Å². The molecule has 0 radical (unpaired) electrons. The van der Waals surface area contributed by atoms with E-state index >= 15 is 0 Å². The van der Waals surface area contributed by atoms with Crippen LogP contribution in [0.3, 0.4) is 0 Å². The maximum absolute atomic E-state index is 13.3. The highest BCUT2D eigenvalue weighted by atomic mass is 19.1. The van der Waals surface area contributed by atoms with E-state index in [-0.39, 0.29) is 11.8 Å². The Bertz CT molecular complexity index is 508. The normalized spacial score (nSPS) is 16.4. The highest BCUT2D eigenvalue weighted by Gasteiger charge is 2.20. The summed E-state index contributed by atoms with van der Waals surface area (Å²) in [6.07, 6.45) is 6.12. The zero-order valence-electron chi connectivity index (χ0n) is 11.2. The smallest absolute Gasteiger partial charge is 0.338 e. The van der Waals surface area contributed by atoms with Gasteiger partial charge in [-0.15, -0.1) is 0 Å². The molecule has 5 heteroatoms. The predicted octanol–water partition coefficient (Wildman–Crippen LogP) is 3.43. The van der Waals surface area contributed by atoms with Gasteiger partial charge in [0.05, 0.1) is 5.56 Å². The maximum atomic E-state index is 13.3. The number of anilines is 1. The van der Waals surface area contributed by atoms with E-state index in [0.717, 1.165) is 50.7 Å². The summed E-state index contributed by atoms with van der Waals surface area (Å²) in [5, 5.41) is 11.6. The second-order valence-corrected chi connectivity index (χ2v) is 5.18. The van der Waals surface area contributed by atoms with Gasteiger partial charge in [0, 0.05) is 11.6 Å². The molecule has 0 atom stereocenters. The molecular formula is C15H18FNO3. The molecule has 1 aromatic carbocycles. The highest BCUT2D eigenvalue weighted by molar-refractivity contribution is 5.95. The Morgan fingerprint density at radius 2 is 1.80 bits per heavy atom. The van der Waals surface area contributed by atoms with Crippen molar-refractivity contribution in [3.63, 3.8) is 0 Å². The number of carboxylic acids is 1. The van der Waals surface area contributed by atoms with Gasteiger partial charge >= 0.3 is 5.97 Å². The fraction of sp³-hybridized carbons (Fsp3) is 0.467. The van der Waals surface area contributed by atoms with Crippen LogP contribution in [0.15, 0.2) is 18.2 Å². The first-order valence-corrected chi connectivity index (χ1v) is 6.91. The first-order chi connectivity index (χ1) is 9.58. The minimum absolute atomic E-state index is 0.0316. The lowest BCUT2D eigenvalue weighted by atomic mass is 9.99. The van der Waals surface area contributed by atoms with Crippen molar-refractivity contribution in [3.8, 4) is 0 Å². The highest BCUT2D eigenvalue weighted by Crippen LogP contribution is 2.24. The van der Waals surface area contributed by atoms with Gasteiger partial charge in [0.1, 0.15) is 5.82 Å². The lowest BCUT2D eigenvalue weighted by Gasteiger charge is -2.14. The zero-order chi connectivity index (χ0) is 14.5. The molecule has 2 N–H and O–H groups in total. The fourth-order valence-corrected chi connectivity index (χ4v) is 2.55. The predicted molar refractivity (Wildman–Crippen MR) is 73.2 cm³/mol. The van der Waals surface area contributed by atoms with Gasteiger partial charge in [-0.2, -0.15) is 0 Å². The van der Waals surface area contributed by atoms with E-state index in [2.05, 4.69) is 5.32 Å². The van der Waals surface area contributed by atoms with Crippen LogP contribution in [-0.2, 0) is 4.79 Å². The van der Waals surface area contributed by atoms with E-state index < -0.39 is 17.3 Å². The number of nitrogens with one attached hydrogen (secondary N) is 1. The Labute approximate surface area is 117 Å². The van der Waals surface area contributed by atoms with Gasteiger partial charge < -0.3 is 10.4 Å². The molecule has 1 aromatic rings. The molecule has 0 aliphatic heterocycles. The summed E-state index contributed by atoms with van der Waals surface area (Å²) in [4.78, 5) is 23.0. The van der Waals surface area contributed by atoms with Crippen LogP contribution in [0.5, 0.6) is 0 Å². The summed E-state index contributed by atoms with van der Waals surface area (Å²) in [5.41, 5.74) is -0.0956. The van der Waals surface area contributed by atoms with Crippen LogP contribution in [0.2, 0.25) is 0 Å². The van der Waals surface area contributed by atoms with Crippen LogP contribution in [0.4, 0.5) is 10.1 Å². The number of carboxylic acid groups (broad SMARTS) is 1. The van der Waals surface area contributed by atoms with Crippen molar-refractivity contribution >= 4 is 17.6 Å². The van der Waals surface area contributed by atoms with Crippen molar-refractivity contribution < 1.29 is 19.1 Å². The first kappa shape index (κ1) is 14.5. The minimum Gasteiger partial charge on any atom is -0.478 e. The molecular weight excluding hydrogens is 261 g/mol. The molecule has 1 saturated carbocycles. The average molecular weight is 279 g/mol. The number of rotatable bonds is 3. The maximum Gasteiger partial charge on any atom is 0.338 e. The topological polar surface area (TPSA) is 66.4 Å². The molecule has 0 saturated heterocycles. The van der Waals surface area contributed by atoms with Crippen molar-refractivity contribution in [2.75, 3.05) is 5.32 Å². The van der Waals surface area contributed by atoms with Crippen molar-refractivity contribution in [1.29, 1.82) is 0 Å². The lowest BCUT2D eigenvalue weighted by Crippen LogP contribution is -2.22. The molecule has 2 rings (SSSR count). The van der Waals surface area contributed by atoms with Crippen LogP contribution in [0.1, 0.15) is 48.9 Å². The summed E-state index contributed by atoms with van der Waals surface area (Å²) in [6.45, 7) is 0. The molecule has 0 aromatic heterocycles. The van der Waals surface area contributed by atoms with E-state index in [0.29, 0.717) is 5.69 Å². The summed E-state index contributed by atoms with van der Waals surface area (Å²) in [6, 6.07) is 3.61. The number of aromatic carboxylic acids is 1. The summed E-state index contributed by atoms with van der Waals surface area (Å²) < 4.78 is 13.3. The Hall–Kier alpha value is -1.91. The SMILES string of the molecule is O=C(O)c1cc(NC(=O)C2CCCCCC2)ccc1F. The van der Waals surface area contributed by atoms with Crippen LogP contribution < -0.4 is 5.32 Å². The molecule has 0 spiro atoms. The minimum atomic E-state index is -1.34. The van der Waals surface area contributed by atoms with E-state index in [1.54, 1.807) is 0 Å². The van der Waals surface area contributed by atoms with Crippen LogP contribution in [-0.4, -0.2) is 17.0 Å². The molecule has 1 fully saturated rings. The van der Waals surface area contributed by atoms with Gasteiger partial charge in [0.15, 0.2) is 0 Å². The van der Waals surface area contributed by atoms with Gasteiger partial charge in [0.25, 0.3) is 0 Å². The lowest BCUT2D eigenvalue weighted by molar-refractivity contribution is -0.120. The van der Waals surface area contributed by atoms with Crippen molar-refractivity contribution in [1.82, 2.24) is 0 Å². The molecule has 1 aliphatic rings. The van der Waals surface area contributed by atoms with Gasteiger partial charge in [0.2, 0.25) is 5.91 Å². The number of halogens is 1. The van der Waals surface area contributed by atoms with Gasteiger partial charge in [-0.3, -0.25) is 4.79 Å². The van der Waals surface area contributed by atoms with Crippen molar-refractivity contribution in [3.05, 3.63) is 29.6 Å². The third kappa shape index (κ3) is 3.56. The fourth-order valence-electron chi connectivity index (χ4n) is 2.55. The monoisotopic (exact) mass is 279 g/mol. The van der Waals surface area contributed by atoms with Gasteiger partial charge in [-0.1, -0.05) is 25.7 Å². The Balaban J connectivity index is 2.07. The molecule has 20 heavy (non-hydrogen) atoms. The van der Waals surface area contributed by atoms with Gasteiger partial charge in [-0.05, 0) is 31.0 Å². The number of carbonyl (C=O) groups excluding carboxylic acids is 1. The number of amides is 1. The average Bonchev–Trinajstić information content (AvgIpc) is 2.69. The Morgan fingerprint density at radius 1 is 1.15 bits per heavy atom. The summed E-state index contributed by atoms with van der Waals surface area (Å²) >= 11 is 0. The Kier molecular flexibility index (Phi) is 4.71. The molecule has 0 unspecified atom stereocenters. The third-order valence-electron chi connectivity index (χ3n) is 3.69. The van der Waals surface area contributed by atoms with Crippen LogP contribution >= 0.6 is 0 Å². The van der Waals surface area contributed by atoms with Crippen molar-refractivity contribution in [2.45, 2.75) is 38.5 Å². The molecule has 4 nitrogen and oxygen atoms in total. The standard InChI is InChI=1S/C15H18FNO3/c16-13-8-7-11(9-12(13)15(19)20)17-14(18)10-5-3-1-2-4-6-10/h7-10H,1-6H2,(H,17,18)(H,19,20). The second kappa shape index (κ2) is 6.50. The van der Waals surface area contributed by atoms with E-state index in [1.807, 2.05) is 0 Å². The molecule has 1 amide bonds. The molecule has 108 valence electrons. The molecule has 0 bridgehead atoms. The van der Waals surface area contributed by atoms with E-state index in [4.69, 9.17) is 5.11 Å². The Morgan fingerprint density at radius 3 is 2.40 bits per heavy atom. The van der Waals surface area contributed by atoms with Crippen LogP contribution in [0, 0.1) is 11.7 Å². The quantitative estimate of drug-likeness (QED) is 0.833. The number of hydrogen-bond acceptors (Lipinski definition) is 2. The molecule has 1 aliphatic carbocycles. The summed E-state index contributed by atoms with van der Waals surface area (Å²) in [5.74, 6) is -2.27. The zero-order valence-corrected chi connectivity index (χ0v) is 11.2. The van der Waals surface area contributed by atoms with E-state index in [9.17, 15) is 14.0 Å². The number of benzene rings is 1.